The lowest BCUT2D eigenvalue weighted by molar-refractivity contribution is -0.155. The van der Waals surface area contributed by atoms with Crippen molar-refractivity contribution in [3.63, 3.8) is 0 Å². The monoisotopic (exact) mass is 308 g/mol. The molecule has 1 N–H and O–H groups in total. The molecule has 0 aliphatic rings. The first-order valence-corrected chi connectivity index (χ1v) is 6.17. The first-order valence-electron chi connectivity index (χ1n) is 6.17. The number of amides is 1. The number of alkyl halides is 3. The zero-order valence-corrected chi connectivity index (χ0v) is 11.4. The molecule has 2 aromatic heterocycles. The standard InChI is InChI=1S/C14H11F3N4O/c1-21-8-9(6-18)5-11(21)13(22)20-12(14(15,16)17)10-3-2-4-19-7-10/h2-5,7-8,12H,1H3,(H,20,22). The van der Waals surface area contributed by atoms with Crippen molar-refractivity contribution in [3.8, 4) is 6.07 Å². The number of nitrogens with zero attached hydrogens (tertiary/aromatic N) is 3. The topological polar surface area (TPSA) is 70.7 Å². The number of rotatable bonds is 3. The Morgan fingerprint density at radius 3 is 2.73 bits per heavy atom. The van der Waals surface area contributed by atoms with Crippen LogP contribution in [0.15, 0.2) is 36.8 Å². The van der Waals surface area contributed by atoms with Crippen LogP contribution in [0.25, 0.3) is 0 Å². The summed E-state index contributed by atoms with van der Waals surface area (Å²) in [6, 6.07) is 3.47. The quantitative estimate of drug-likeness (QED) is 0.946. The van der Waals surface area contributed by atoms with Crippen LogP contribution in [0, 0.1) is 11.3 Å². The minimum atomic E-state index is -4.66. The van der Waals surface area contributed by atoms with Gasteiger partial charge in [-0.15, -0.1) is 0 Å². The normalized spacial score (nSPS) is 12.5. The average Bonchev–Trinajstić information content (AvgIpc) is 2.85. The van der Waals surface area contributed by atoms with Crippen molar-refractivity contribution in [2.45, 2.75) is 12.2 Å². The number of hydrogen-bond acceptors (Lipinski definition) is 3. The Morgan fingerprint density at radius 2 is 2.23 bits per heavy atom. The van der Waals surface area contributed by atoms with Crippen LogP contribution in [0.2, 0.25) is 0 Å². The minimum Gasteiger partial charge on any atom is -0.345 e. The second kappa shape index (κ2) is 5.89. The number of nitrogens with one attached hydrogen (secondary N) is 1. The number of nitriles is 1. The number of carbonyl (C=O) groups excluding carboxylic acids is 1. The van der Waals surface area contributed by atoms with Crippen molar-refractivity contribution >= 4 is 5.91 Å². The van der Waals surface area contributed by atoms with E-state index in [4.69, 9.17) is 5.26 Å². The number of aryl methyl sites for hydroxylation is 1. The van der Waals surface area contributed by atoms with Gasteiger partial charge in [0.25, 0.3) is 5.91 Å². The smallest absolute Gasteiger partial charge is 0.345 e. The Balaban J connectivity index is 2.30. The fourth-order valence-electron chi connectivity index (χ4n) is 1.96. The lowest BCUT2D eigenvalue weighted by Crippen LogP contribution is -2.38. The van der Waals surface area contributed by atoms with E-state index >= 15 is 0 Å². The Hall–Kier alpha value is -2.82. The Morgan fingerprint density at radius 1 is 1.50 bits per heavy atom. The van der Waals surface area contributed by atoms with E-state index in [1.54, 1.807) is 0 Å². The highest BCUT2D eigenvalue weighted by molar-refractivity contribution is 5.93. The van der Waals surface area contributed by atoms with Crippen LogP contribution in [0.4, 0.5) is 13.2 Å². The van der Waals surface area contributed by atoms with E-state index in [1.807, 2.05) is 11.4 Å². The van der Waals surface area contributed by atoms with Gasteiger partial charge in [-0.3, -0.25) is 9.78 Å². The van der Waals surface area contributed by atoms with Gasteiger partial charge in [-0.05, 0) is 12.1 Å². The van der Waals surface area contributed by atoms with E-state index in [1.165, 1.54) is 42.2 Å². The van der Waals surface area contributed by atoms with Crippen molar-refractivity contribution in [3.05, 3.63) is 53.6 Å². The number of halogens is 3. The summed E-state index contributed by atoms with van der Waals surface area (Å²) in [5, 5.41) is 10.7. The molecule has 0 spiro atoms. The number of carbonyl (C=O) groups is 1. The highest BCUT2D eigenvalue weighted by atomic mass is 19.4. The molecule has 0 radical (unpaired) electrons. The van der Waals surface area contributed by atoms with E-state index < -0.39 is 18.1 Å². The maximum atomic E-state index is 13.2. The Bertz CT molecular complexity index is 716. The van der Waals surface area contributed by atoms with E-state index in [0.29, 0.717) is 0 Å². The SMILES string of the molecule is Cn1cc(C#N)cc1C(=O)NC(c1cccnc1)C(F)(F)F. The van der Waals surface area contributed by atoms with E-state index in [0.717, 1.165) is 6.20 Å². The van der Waals surface area contributed by atoms with Gasteiger partial charge in [-0.2, -0.15) is 18.4 Å². The number of aromatic nitrogens is 2. The van der Waals surface area contributed by atoms with Crippen LogP contribution in [-0.4, -0.2) is 21.6 Å². The predicted octanol–water partition coefficient (Wildman–Crippen LogP) is 2.33. The summed E-state index contributed by atoms with van der Waals surface area (Å²) in [5.41, 5.74) is -0.00894. The molecule has 0 aliphatic carbocycles. The molecule has 2 heterocycles. The Kier molecular flexibility index (Phi) is 4.17. The first-order chi connectivity index (χ1) is 10.3. The molecular formula is C14H11F3N4O. The third-order valence-corrected chi connectivity index (χ3v) is 2.99. The van der Waals surface area contributed by atoms with Crippen LogP contribution in [0.1, 0.15) is 27.7 Å². The van der Waals surface area contributed by atoms with Gasteiger partial charge >= 0.3 is 6.18 Å². The predicted molar refractivity (Wildman–Crippen MR) is 70.6 cm³/mol. The van der Waals surface area contributed by atoms with Crippen LogP contribution in [-0.2, 0) is 7.05 Å². The first kappa shape index (κ1) is 15.6. The lowest BCUT2D eigenvalue weighted by Gasteiger charge is -2.21. The van der Waals surface area contributed by atoms with Crippen LogP contribution < -0.4 is 5.32 Å². The molecule has 2 aromatic rings. The fraction of sp³-hybridized carbons (Fsp3) is 0.214. The van der Waals surface area contributed by atoms with Crippen molar-refractivity contribution in [1.82, 2.24) is 14.9 Å². The summed E-state index contributed by atoms with van der Waals surface area (Å²) in [6.07, 6.45) is -0.914. The maximum absolute atomic E-state index is 13.2. The summed E-state index contributed by atoms with van der Waals surface area (Å²) < 4.78 is 40.8. The summed E-state index contributed by atoms with van der Waals surface area (Å²) in [7, 11) is 1.47. The van der Waals surface area contributed by atoms with Crippen molar-refractivity contribution in [2.75, 3.05) is 0 Å². The summed E-state index contributed by atoms with van der Waals surface area (Å²) in [6.45, 7) is 0. The van der Waals surface area contributed by atoms with Crippen molar-refractivity contribution in [2.24, 2.45) is 7.05 Å². The zero-order chi connectivity index (χ0) is 16.3. The summed E-state index contributed by atoms with van der Waals surface area (Å²) >= 11 is 0. The molecule has 5 nitrogen and oxygen atoms in total. The van der Waals surface area contributed by atoms with Crippen LogP contribution >= 0.6 is 0 Å². The van der Waals surface area contributed by atoms with Gasteiger partial charge in [0.05, 0.1) is 5.56 Å². The molecule has 8 heteroatoms. The van der Waals surface area contributed by atoms with Gasteiger partial charge in [0, 0.05) is 31.2 Å². The molecule has 0 aliphatic heterocycles. The fourth-order valence-corrected chi connectivity index (χ4v) is 1.96. The molecule has 1 amide bonds. The zero-order valence-electron chi connectivity index (χ0n) is 11.4. The van der Waals surface area contributed by atoms with Crippen molar-refractivity contribution < 1.29 is 18.0 Å². The molecule has 2 rings (SSSR count). The molecule has 0 aromatic carbocycles. The molecule has 114 valence electrons. The molecule has 0 fully saturated rings. The summed E-state index contributed by atoms with van der Waals surface area (Å²) in [5.74, 6) is -0.921. The second-order valence-corrected chi connectivity index (χ2v) is 4.57. The molecule has 1 unspecified atom stereocenters. The van der Waals surface area contributed by atoms with Gasteiger partial charge in [0.15, 0.2) is 6.04 Å². The van der Waals surface area contributed by atoms with E-state index in [-0.39, 0.29) is 16.8 Å². The third-order valence-electron chi connectivity index (χ3n) is 2.99. The number of hydrogen-bond donors (Lipinski definition) is 1. The number of pyridine rings is 1. The average molecular weight is 308 g/mol. The highest BCUT2D eigenvalue weighted by Crippen LogP contribution is 2.32. The molecule has 1 atom stereocenters. The highest BCUT2D eigenvalue weighted by Gasteiger charge is 2.42. The van der Waals surface area contributed by atoms with Gasteiger partial charge in [0.2, 0.25) is 0 Å². The van der Waals surface area contributed by atoms with Crippen molar-refractivity contribution in [1.29, 1.82) is 5.26 Å². The molecule has 22 heavy (non-hydrogen) atoms. The van der Waals surface area contributed by atoms with Crippen LogP contribution in [0.3, 0.4) is 0 Å². The van der Waals surface area contributed by atoms with Gasteiger partial charge in [-0.1, -0.05) is 6.07 Å². The van der Waals surface area contributed by atoms with Crippen LogP contribution in [0.5, 0.6) is 0 Å². The molecular weight excluding hydrogens is 297 g/mol. The maximum Gasteiger partial charge on any atom is 0.412 e. The Labute approximate surface area is 124 Å². The minimum absolute atomic E-state index is 0.0327. The van der Waals surface area contributed by atoms with E-state index in [9.17, 15) is 18.0 Å². The third kappa shape index (κ3) is 3.25. The van der Waals surface area contributed by atoms with Gasteiger partial charge in [0.1, 0.15) is 11.8 Å². The largest absolute Gasteiger partial charge is 0.412 e. The second-order valence-electron chi connectivity index (χ2n) is 4.57. The lowest BCUT2D eigenvalue weighted by atomic mass is 10.1. The van der Waals surface area contributed by atoms with Gasteiger partial charge < -0.3 is 9.88 Å². The van der Waals surface area contributed by atoms with E-state index in [2.05, 4.69) is 4.98 Å². The summed E-state index contributed by atoms with van der Waals surface area (Å²) in [4.78, 5) is 15.7. The van der Waals surface area contributed by atoms with Gasteiger partial charge in [-0.25, -0.2) is 0 Å². The molecule has 0 bridgehead atoms. The molecule has 0 saturated carbocycles. The molecule has 0 saturated heterocycles.